The SMILES string of the molecule is C[C@H](Sc1nnc([C@H]2COc3ccccc3O2)o1)C(=O)N1CC(=O)Nc2ccccc21. The van der Waals surface area contributed by atoms with Gasteiger partial charge in [0.25, 0.3) is 11.1 Å². The Balaban J connectivity index is 1.28. The van der Waals surface area contributed by atoms with Crippen LogP contribution in [-0.2, 0) is 9.59 Å². The number of amides is 2. The molecule has 5 rings (SSSR count). The van der Waals surface area contributed by atoms with E-state index in [9.17, 15) is 9.59 Å². The number of fused-ring (bicyclic) bond motifs is 2. The molecule has 0 spiro atoms. The van der Waals surface area contributed by atoms with E-state index in [1.807, 2.05) is 24.3 Å². The van der Waals surface area contributed by atoms with Gasteiger partial charge < -0.3 is 19.2 Å². The van der Waals surface area contributed by atoms with E-state index in [0.29, 0.717) is 22.9 Å². The average molecular weight is 438 g/mol. The number of hydrogen-bond donors (Lipinski definition) is 1. The van der Waals surface area contributed by atoms with Crippen LogP contribution >= 0.6 is 11.8 Å². The van der Waals surface area contributed by atoms with E-state index in [2.05, 4.69) is 15.5 Å². The van der Waals surface area contributed by atoms with E-state index < -0.39 is 11.4 Å². The van der Waals surface area contributed by atoms with Crippen LogP contribution in [-0.4, -0.2) is 40.4 Å². The molecule has 1 aromatic heterocycles. The zero-order valence-corrected chi connectivity index (χ0v) is 17.3. The van der Waals surface area contributed by atoms with Crippen molar-refractivity contribution in [1.82, 2.24) is 10.2 Å². The molecule has 0 unspecified atom stereocenters. The maximum Gasteiger partial charge on any atom is 0.277 e. The Morgan fingerprint density at radius 2 is 1.94 bits per heavy atom. The highest BCUT2D eigenvalue weighted by atomic mass is 32.2. The van der Waals surface area contributed by atoms with Gasteiger partial charge in [-0.3, -0.25) is 14.5 Å². The lowest BCUT2D eigenvalue weighted by molar-refractivity contribution is -0.121. The van der Waals surface area contributed by atoms with E-state index in [1.165, 1.54) is 4.90 Å². The number of nitrogens with one attached hydrogen (secondary N) is 1. The lowest BCUT2D eigenvalue weighted by Gasteiger charge is -2.30. The van der Waals surface area contributed by atoms with Gasteiger partial charge >= 0.3 is 0 Å². The van der Waals surface area contributed by atoms with Crippen molar-refractivity contribution >= 4 is 35.0 Å². The van der Waals surface area contributed by atoms with Crippen molar-refractivity contribution in [1.29, 1.82) is 0 Å². The molecule has 3 heterocycles. The van der Waals surface area contributed by atoms with Gasteiger partial charge in [0.1, 0.15) is 13.2 Å². The topological polar surface area (TPSA) is 107 Å². The first-order valence-corrected chi connectivity index (χ1v) is 10.6. The lowest BCUT2D eigenvalue weighted by atomic mass is 10.2. The van der Waals surface area contributed by atoms with Gasteiger partial charge in [-0.15, -0.1) is 10.2 Å². The number of carbonyl (C=O) groups is 2. The highest BCUT2D eigenvalue weighted by molar-refractivity contribution is 8.00. The standard InChI is InChI=1S/C21H18N4O5S/c1-12(20(27)25-10-18(26)22-13-6-2-3-7-14(13)25)31-21-24-23-19(30-21)17-11-28-15-8-4-5-9-16(15)29-17/h2-9,12,17H,10-11H2,1H3,(H,22,26)/t12-,17+/m0/s1. The molecular weight excluding hydrogens is 420 g/mol. The van der Waals surface area contributed by atoms with Crippen LogP contribution < -0.4 is 19.7 Å². The fourth-order valence-electron chi connectivity index (χ4n) is 3.39. The summed E-state index contributed by atoms with van der Waals surface area (Å²) in [5.74, 6) is 1.09. The molecule has 0 saturated heterocycles. The highest BCUT2D eigenvalue weighted by Gasteiger charge is 2.32. The van der Waals surface area contributed by atoms with E-state index in [0.717, 1.165) is 11.8 Å². The zero-order chi connectivity index (χ0) is 21.4. The van der Waals surface area contributed by atoms with Crippen LogP contribution in [0, 0.1) is 0 Å². The van der Waals surface area contributed by atoms with Crippen molar-refractivity contribution in [2.75, 3.05) is 23.4 Å². The van der Waals surface area contributed by atoms with E-state index in [1.54, 1.807) is 31.2 Å². The number of carbonyl (C=O) groups excluding carboxylic acids is 2. The lowest BCUT2D eigenvalue weighted by Crippen LogP contribution is -2.45. The van der Waals surface area contributed by atoms with Crippen LogP contribution in [0.5, 0.6) is 11.5 Å². The Hall–Kier alpha value is -3.53. The van der Waals surface area contributed by atoms with Gasteiger partial charge in [0.15, 0.2) is 11.5 Å². The Morgan fingerprint density at radius 3 is 2.81 bits per heavy atom. The third kappa shape index (κ3) is 3.81. The first-order chi connectivity index (χ1) is 15.1. The quantitative estimate of drug-likeness (QED) is 0.620. The first-order valence-electron chi connectivity index (χ1n) is 9.67. The molecular formula is C21H18N4O5S. The second-order valence-electron chi connectivity index (χ2n) is 7.02. The molecule has 158 valence electrons. The molecule has 31 heavy (non-hydrogen) atoms. The van der Waals surface area contributed by atoms with Crippen LogP contribution in [0.1, 0.15) is 18.9 Å². The van der Waals surface area contributed by atoms with Crippen LogP contribution in [0.15, 0.2) is 58.2 Å². The largest absolute Gasteiger partial charge is 0.485 e. The van der Waals surface area contributed by atoms with Crippen LogP contribution in [0.3, 0.4) is 0 Å². The second kappa shape index (κ2) is 7.95. The zero-order valence-electron chi connectivity index (χ0n) is 16.5. The fourth-order valence-corrected chi connectivity index (χ4v) is 4.14. The summed E-state index contributed by atoms with van der Waals surface area (Å²) in [6.07, 6.45) is -0.527. The average Bonchev–Trinajstić information content (AvgIpc) is 3.26. The number of anilines is 2. The third-order valence-electron chi connectivity index (χ3n) is 4.87. The van der Waals surface area contributed by atoms with E-state index in [-0.39, 0.29) is 36.1 Å². The fraction of sp³-hybridized carbons (Fsp3) is 0.238. The predicted octanol–water partition coefficient (Wildman–Crippen LogP) is 3.05. The summed E-state index contributed by atoms with van der Waals surface area (Å²) in [5, 5.41) is 10.6. The summed E-state index contributed by atoms with van der Waals surface area (Å²) in [6.45, 7) is 1.95. The number of thioether (sulfide) groups is 1. The van der Waals surface area contributed by atoms with Crippen molar-refractivity contribution < 1.29 is 23.5 Å². The third-order valence-corrected chi connectivity index (χ3v) is 5.79. The van der Waals surface area contributed by atoms with Gasteiger partial charge in [-0.05, 0) is 31.2 Å². The molecule has 2 aliphatic heterocycles. The Labute approximate surface area is 181 Å². The Morgan fingerprint density at radius 1 is 1.16 bits per heavy atom. The van der Waals surface area contributed by atoms with Crippen LogP contribution in [0.2, 0.25) is 0 Å². The number of aromatic nitrogens is 2. The van der Waals surface area contributed by atoms with Crippen molar-refractivity contribution in [3.05, 3.63) is 54.4 Å². The van der Waals surface area contributed by atoms with E-state index >= 15 is 0 Å². The highest BCUT2D eigenvalue weighted by Crippen LogP contribution is 2.37. The Bertz CT molecular complexity index is 1150. The maximum atomic E-state index is 13.0. The number of hydrogen-bond acceptors (Lipinski definition) is 8. The van der Waals surface area contributed by atoms with E-state index in [4.69, 9.17) is 13.9 Å². The molecule has 2 aromatic carbocycles. The smallest absolute Gasteiger partial charge is 0.277 e. The second-order valence-corrected chi connectivity index (χ2v) is 8.31. The number of para-hydroxylation sites is 4. The van der Waals surface area contributed by atoms with Gasteiger partial charge in [0.2, 0.25) is 17.9 Å². The van der Waals surface area contributed by atoms with Gasteiger partial charge in [0, 0.05) is 0 Å². The molecule has 0 saturated carbocycles. The molecule has 9 nitrogen and oxygen atoms in total. The minimum atomic E-state index is -0.545. The normalized spacial score (nSPS) is 18.2. The molecule has 2 amide bonds. The van der Waals surface area contributed by atoms with Crippen molar-refractivity contribution in [2.24, 2.45) is 0 Å². The van der Waals surface area contributed by atoms with Crippen LogP contribution in [0.4, 0.5) is 11.4 Å². The van der Waals surface area contributed by atoms with Crippen molar-refractivity contribution in [3.8, 4) is 11.5 Å². The summed E-state index contributed by atoms with van der Waals surface area (Å²) in [6, 6.07) is 14.5. The van der Waals surface area contributed by atoms with Crippen LogP contribution in [0.25, 0.3) is 0 Å². The molecule has 10 heteroatoms. The molecule has 0 bridgehead atoms. The molecule has 3 aromatic rings. The van der Waals surface area contributed by atoms with Gasteiger partial charge in [0.05, 0.1) is 16.6 Å². The summed E-state index contributed by atoms with van der Waals surface area (Å²) < 4.78 is 17.3. The molecule has 2 aliphatic rings. The predicted molar refractivity (Wildman–Crippen MR) is 112 cm³/mol. The summed E-state index contributed by atoms with van der Waals surface area (Å²) in [5.41, 5.74) is 1.27. The van der Waals surface area contributed by atoms with Crippen molar-refractivity contribution in [3.63, 3.8) is 0 Å². The maximum absolute atomic E-state index is 13.0. The van der Waals surface area contributed by atoms with Gasteiger partial charge in [-0.1, -0.05) is 36.0 Å². The summed E-state index contributed by atoms with van der Waals surface area (Å²) in [4.78, 5) is 26.5. The summed E-state index contributed by atoms with van der Waals surface area (Å²) >= 11 is 1.13. The molecule has 0 radical (unpaired) electrons. The Kier molecular flexibility index (Phi) is 4.99. The molecule has 1 N–H and O–H groups in total. The minimum Gasteiger partial charge on any atom is -0.485 e. The number of nitrogens with zero attached hydrogens (tertiary/aromatic N) is 3. The number of benzene rings is 2. The molecule has 0 aliphatic carbocycles. The minimum absolute atomic E-state index is 0.0392. The molecule has 2 atom stereocenters. The first kappa shape index (κ1) is 19.4. The van der Waals surface area contributed by atoms with Crippen molar-refractivity contribution in [2.45, 2.75) is 23.5 Å². The van der Waals surface area contributed by atoms with Gasteiger partial charge in [-0.2, -0.15) is 0 Å². The molecule has 0 fully saturated rings. The monoisotopic (exact) mass is 438 g/mol. The number of ether oxygens (including phenoxy) is 2. The van der Waals surface area contributed by atoms with Gasteiger partial charge in [-0.25, -0.2) is 0 Å². The number of rotatable bonds is 4. The summed E-state index contributed by atoms with van der Waals surface area (Å²) in [7, 11) is 0.